The zero-order chi connectivity index (χ0) is 19.2. The first-order chi connectivity index (χ1) is 12.3. The van der Waals surface area contributed by atoms with Crippen molar-refractivity contribution in [3.05, 3.63) is 59.1 Å². The largest absolute Gasteiger partial charge is 0.496 e. The maximum atomic E-state index is 12.2. The summed E-state index contributed by atoms with van der Waals surface area (Å²) in [4.78, 5) is 12.2. The van der Waals surface area contributed by atoms with Crippen LogP contribution in [0.25, 0.3) is 0 Å². The highest BCUT2D eigenvalue weighted by Crippen LogP contribution is 2.20. The van der Waals surface area contributed by atoms with Gasteiger partial charge in [0, 0.05) is 11.6 Å². The van der Waals surface area contributed by atoms with E-state index in [2.05, 4.69) is 5.32 Å². The van der Waals surface area contributed by atoms with Crippen LogP contribution in [0.1, 0.15) is 5.56 Å². The average Bonchev–Trinajstić information content (AvgIpc) is 2.60. The summed E-state index contributed by atoms with van der Waals surface area (Å²) in [6, 6.07) is 13.8. The number of hydrogen-bond acceptors (Lipinski definition) is 4. The van der Waals surface area contributed by atoms with Crippen LogP contribution < -0.4 is 14.4 Å². The molecule has 0 aliphatic rings. The third-order valence-electron chi connectivity index (χ3n) is 3.71. The summed E-state index contributed by atoms with van der Waals surface area (Å²) in [5.41, 5.74) is 1.35. The number of benzene rings is 2. The fraction of sp³-hybridized carbons (Fsp3) is 0.278. The normalized spacial score (nSPS) is 11.0. The molecular formula is C18H21ClN2O4S. The van der Waals surface area contributed by atoms with Crippen molar-refractivity contribution in [3.8, 4) is 5.75 Å². The highest BCUT2D eigenvalue weighted by molar-refractivity contribution is 7.92. The highest BCUT2D eigenvalue weighted by Gasteiger charge is 2.20. The van der Waals surface area contributed by atoms with Crippen molar-refractivity contribution in [1.29, 1.82) is 0 Å². The number of carbonyl (C=O) groups is 1. The lowest BCUT2D eigenvalue weighted by atomic mass is 10.1. The lowest BCUT2D eigenvalue weighted by Gasteiger charge is -2.22. The fourth-order valence-electron chi connectivity index (χ4n) is 2.44. The van der Waals surface area contributed by atoms with E-state index in [4.69, 9.17) is 16.3 Å². The minimum absolute atomic E-state index is 0.299. The van der Waals surface area contributed by atoms with Gasteiger partial charge < -0.3 is 10.1 Å². The van der Waals surface area contributed by atoms with Gasteiger partial charge in [-0.05, 0) is 42.3 Å². The standard InChI is InChI=1S/C18H21ClN2O4S/c1-25-17-6-4-3-5-14(17)11-12-20-18(22)13-21(26(2,23)24)16-9-7-15(19)8-10-16/h3-10H,11-13H2,1-2H3,(H,20,22). The van der Waals surface area contributed by atoms with Gasteiger partial charge in [-0.3, -0.25) is 9.10 Å². The van der Waals surface area contributed by atoms with Gasteiger partial charge in [0.2, 0.25) is 15.9 Å². The lowest BCUT2D eigenvalue weighted by molar-refractivity contribution is -0.119. The Morgan fingerprint density at radius 3 is 2.42 bits per heavy atom. The maximum absolute atomic E-state index is 12.2. The Balaban J connectivity index is 1.98. The molecule has 8 heteroatoms. The number of para-hydroxylation sites is 1. The molecule has 0 saturated heterocycles. The van der Waals surface area contributed by atoms with E-state index in [9.17, 15) is 13.2 Å². The monoisotopic (exact) mass is 396 g/mol. The van der Waals surface area contributed by atoms with Crippen molar-refractivity contribution >= 4 is 33.2 Å². The van der Waals surface area contributed by atoms with E-state index in [1.807, 2.05) is 24.3 Å². The van der Waals surface area contributed by atoms with Crippen molar-refractivity contribution < 1.29 is 17.9 Å². The number of halogens is 1. The zero-order valence-electron chi connectivity index (χ0n) is 14.6. The number of nitrogens with zero attached hydrogens (tertiary/aromatic N) is 1. The van der Waals surface area contributed by atoms with E-state index < -0.39 is 10.0 Å². The Morgan fingerprint density at radius 1 is 1.15 bits per heavy atom. The van der Waals surface area contributed by atoms with Gasteiger partial charge in [-0.2, -0.15) is 0 Å². The predicted molar refractivity (Wildman–Crippen MR) is 103 cm³/mol. The molecule has 0 unspecified atom stereocenters. The number of anilines is 1. The van der Waals surface area contributed by atoms with Crippen molar-refractivity contribution in [3.63, 3.8) is 0 Å². The Kier molecular flexibility index (Phi) is 6.88. The lowest BCUT2D eigenvalue weighted by Crippen LogP contribution is -2.40. The molecule has 26 heavy (non-hydrogen) atoms. The molecule has 2 aromatic carbocycles. The molecule has 2 rings (SSSR count). The van der Waals surface area contributed by atoms with E-state index in [1.165, 1.54) is 0 Å². The van der Waals surface area contributed by atoms with Crippen LogP contribution in [0.5, 0.6) is 5.75 Å². The SMILES string of the molecule is COc1ccccc1CCNC(=O)CN(c1ccc(Cl)cc1)S(C)(=O)=O. The Bertz CT molecular complexity index is 854. The number of rotatable bonds is 8. The molecule has 0 fully saturated rings. The first kappa shape index (κ1) is 20.1. The zero-order valence-corrected chi connectivity index (χ0v) is 16.2. The van der Waals surface area contributed by atoms with Crippen LogP contribution in [0.15, 0.2) is 48.5 Å². The summed E-state index contributed by atoms with van der Waals surface area (Å²) in [6.45, 7) is 0.0732. The molecule has 0 radical (unpaired) electrons. The number of methoxy groups -OCH3 is 1. The van der Waals surface area contributed by atoms with Crippen LogP contribution in [-0.2, 0) is 21.2 Å². The Hall–Kier alpha value is -2.25. The van der Waals surface area contributed by atoms with Crippen LogP contribution in [0.4, 0.5) is 5.69 Å². The summed E-state index contributed by atoms with van der Waals surface area (Å²) in [6.07, 6.45) is 1.64. The van der Waals surface area contributed by atoms with Crippen molar-refractivity contribution in [2.24, 2.45) is 0 Å². The van der Waals surface area contributed by atoms with Gasteiger partial charge in [0.25, 0.3) is 0 Å². The van der Waals surface area contributed by atoms with Crippen molar-refractivity contribution in [2.45, 2.75) is 6.42 Å². The molecular weight excluding hydrogens is 376 g/mol. The first-order valence-corrected chi connectivity index (χ1v) is 10.2. The molecule has 0 heterocycles. The second kappa shape index (κ2) is 8.91. The molecule has 1 amide bonds. The van der Waals surface area contributed by atoms with Gasteiger partial charge in [0.05, 0.1) is 19.1 Å². The number of sulfonamides is 1. The summed E-state index contributed by atoms with van der Waals surface area (Å²) in [5.74, 6) is 0.362. The van der Waals surface area contributed by atoms with Gasteiger partial charge >= 0.3 is 0 Å². The Morgan fingerprint density at radius 2 is 1.81 bits per heavy atom. The van der Waals surface area contributed by atoms with Gasteiger partial charge in [0.15, 0.2) is 0 Å². The van der Waals surface area contributed by atoms with Gasteiger partial charge in [0.1, 0.15) is 12.3 Å². The topological polar surface area (TPSA) is 75.7 Å². The second-order valence-electron chi connectivity index (χ2n) is 5.66. The van der Waals surface area contributed by atoms with E-state index in [-0.39, 0.29) is 12.5 Å². The molecule has 6 nitrogen and oxygen atoms in total. The number of hydrogen-bond donors (Lipinski definition) is 1. The van der Waals surface area contributed by atoms with Gasteiger partial charge in [-0.25, -0.2) is 8.42 Å². The second-order valence-corrected chi connectivity index (χ2v) is 8.00. The maximum Gasteiger partial charge on any atom is 0.240 e. The van der Waals surface area contributed by atoms with E-state index in [0.717, 1.165) is 21.9 Å². The summed E-state index contributed by atoms with van der Waals surface area (Å²) in [7, 11) is -2.01. The molecule has 0 spiro atoms. The van der Waals surface area contributed by atoms with Crippen molar-refractivity contribution in [1.82, 2.24) is 5.32 Å². The van der Waals surface area contributed by atoms with Crippen molar-refractivity contribution in [2.75, 3.05) is 30.8 Å². The number of amides is 1. The molecule has 1 N–H and O–H groups in total. The highest BCUT2D eigenvalue weighted by atomic mass is 35.5. The molecule has 0 aromatic heterocycles. The van der Waals surface area contributed by atoms with E-state index in [0.29, 0.717) is 23.7 Å². The van der Waals surface area contributed by atoms with Gasteiger partial charge in [-0.1, -0.05) is 29.8 Å². The number of ether oxygens (including phenoxy) is 1. The minimum atomic E-state index is -3.60. The quantitative estimate of drug-likeness (QED) is 0.743. The third kappa shape index (κ3) is 5.64. The smallest absolute Gasteiger partial charge is 0.240 e. The molecule has 2 aromatic rings. The number of carbonyl (C=O) groups excluding carboxylic acids is 1. The molecule has 140 valence electrons. The summed E-state index contributed by atoms with van der Waals surface area (Å²) < 4.78 is 30.4. The number of nitrogens with one attached hydrogen (secondary N) is 1. The molecule has 0 bridgehead atoms. The summed E-state index contributed by atoms with van der Waals surface area (Å²) >= 11 is 5.83. The molecule has 0 aliphatic heterocycles. The Labute approximate surface area is 158 Å². The van der Waals surface area contributed by atoms with E-state index >= 15 is 0 Å². The predicted octanol–water partition coefficient (Wildman–Crippen LogP) is 2.47. The minimum Gasteiger partial charge on any atom is -0.496 e. The van der Waals surface area contributed by atoms with Crippen LogP contribution in [0.2, 0.25) is 5.02 Å². The first-order valence-electron chi connectivity index (χ1n) is 7.93. The molecule has 0 aliphatic carbocycles. The van der Waals surface area contributed by atoms with Crippen LogP contribution in [0, 0.1) is 0 Å². The average molecular weight is 397 g/mol. The molecule has 0 saturated carbocycles. The van der Waals surface area contributed by atoms with E-state index in [1.54, 1.807) is 31.4 Å². The fourth-order valence-corrected chi connectivity index (χ4v) is 3.42. The summed E-state index contributed by atoms with van der Waals surface area (Å²) in [5, 5.41) is 3.23. The third-order valence-corrected chi connectivity index (χ3v) is 5.10. The van der Waals surface area contributed by atoms with Crippen LogP contribution in [0.3, 0.4) is 0 Å². The van der Waals surface area contributed by atoms with Crippen LogP contribution >= 0.6 is 11.6 Å². The van der Waals surface area contributed by atoms with Gasteiger partial charge in [-0.15, -0.1) is 0 Å². The van der Waals surface area contributed by atoms with Crippen LogP contribution in [-0.4, -0.2) is 40.8 Å². The molecule has 0 atom stereocenters.